The van der Waals surface area contributed by atoms with E-state index in [1.807, 2.05) is 18.4 Å². The number of fused-ring (bicyclic) bond motifs is 1. The Morgan fingerprint density at radius 3 is 1.74 bits per heavy atom. The molecule has 4 aromatic carbocycles. The van der Waals surface area contributed by atoms with Crippen LogP contribution in [0.4, 0.5) is 0 Å². The standard InChI is InChI=1S/C33H27N3OS/c1-35-31(37)29(34-32(35)38-2)22-24-23-36(30-21-13-12-20-28(24)30)33(25-14-6-3-7-15-25,26-16-8-4-9-17-26)27-18-10-5-11-19-27/h3-23H,1-2H3. The topological polar surface area (TPSA) is 37.6 Å². The van der Waals surface area contributed by atoms with Gasteiger partial charge in [-0.05, 0) is 35.1 Å². The number of carbonyl (C=O) groups excluding carboxylic acids is 1. The van der Waals surface area contributed by atoms with Gasteiger partial charge >= 0.3 is 0 Å². The van der Waals surface area contributed by atoms with Crippen molar-refractivity contribution < 1.29 is 4.79 Å². The van der Waals surface area contributed by atoms with E-state index in [2.05, 4.69) is 125 Å². The Hall–Kier alpha value is -4.35. The van der Waals surface area contributed by atoms with Crippen molar-refractivity contribution in [1.29, 1.82) is 0 Å². The predicted octanol–water partition coefficient (Wildman–Crippen LogP) is 7.01. The molecule has 1 aromatic heterocycles. The molecule has 1 amide bonds. The number of carbonyl (C=O) groups is 1. The van der Waals surface area contributed by atoms with Crippen molar-refractivity contribution in [2.45, 2.75) is 5.54 Å². The Balaban J connectivity index is 1.71. The second-order valence-corrected chi connectivity index (χ2v) is 10.0. The van der Waals surface area contributed by atoms with Gasteiger partial charge in [-0.25, -0.2) is 4.99 Å². The number of likely N-dealkylation sites (N-methyl/N-ethyl adjacent to an activating group) is 1. The van der Waals surface area contributed by atoms with Crippen LogP contribution in [0.3, 0.4) is 0 Å². The Morgan fingerprint density at radius 2 is 1.24 bits per heavy atom. The van der Waals surface area contributed by atoms with Crippen molar-refractivity contribution in [2.75, 3.05) is 13.3 Å². The molecule has 0 aliphatic carbocycles. The van der Waals surface area contributed by atoms with E-state index in [0.29, 0.717) is 10.9 Å². The van der Waals surface area contributed by atoms with Crippen LogP contribution in [0.5, 0.6) is 0 Å². The van der Waals surface area contributed by atoms with Gasteiger partial charge in [0.25, 0.3) is 5.91 Å². The van der Waals surface area contributed by atoms with E-state index in [1.54, 1.807) is 11.9 Å². The molecule has 0 bridgehead atoms. The molecule has 0 saturated heterocycles. The van der Waals surface area contributed by atoms with Crippen molar-refractivity contribution in [2.24, 2.45) is 4.99 Å². The van der Waals surface area contributed by atoms with Gasteiger partial charge < -0.3 is 4.57 Å². The number of rotatable bonds is 5. The summed E-state index contributed by atoms with van der Waals surface area (Å²) in [5.74, 6) is -0.0911. The minimum atomic E-state index is -0.648. The van der Waals surface area contributed by atoms with Crippen LogP contribution in [0.2, 0.25) is 0 Å². The van der Waals surface area contributed by atoms with Crippen LogP contribution in [0, 0.1) is 0 Å². The van der Waals surface area contributed by atoms with Crippen LogP contribution in [-0.2, 0) is 10.3 Å². The maximum atomic E-state index is 13.0. The first-order valence-electron chi connectivity index (χ1n) is 12.5. The molecule has 1 aliphatic heterocycles. The van der Waals surface area contributed by atoms with E-state index < -0.39 is 5.54 Å². The van der Waals surface area contributed by atoms with Gasteiger partial charge in [-0.15, -0.1) is 0 Å². The third-order valence-electron chi connectivity index (χ3n) is 7.18. The van der Waals surface area contributed by atoms with Crippen molar-refractivity contribution >= 4 is 39.8 Å². The lowest BCUT2D eigenvalue weighted by Gasteiger charge is -2.38. The average molecular weight is 514 g/mol. The van der Waals surface area contributed by atoms with Crippen molar-refractivity contribution in [3.63, 3.8) is 0 Å². The van der Waals surface area contributed by atoms with Gasteiger partial charge in [0.05, 0.1) is 0 Å². The third-order valence-corrected chi connectivity index (χ3v) is 7.91. The SMILES string of the molecule is CSC1=NC(=Cc2cn(C(c3ccccc3)(c3ccccc3)c3ccccc3)c3ccccc23)C(=O)N1C. The highest BCUT2D eigenvalue weighted by Gasteiger charge is 2.39. The normalized spacial score (nSPS) is 14.9. The lowest BCUT2D eigenvalue weighted by Crippen LogP contribution is -2.37. The lowest BCUT2D eigenvalue weighted by molar-refractivity contribution is -0.121. The van der Waals surface area contributed by atoms with E-state index in [0.717, 1.165) is 33.2 Å². The molecular formula is C33H27N3OS. The summed E-state index contributed by atoms with van der Waals surface area (Å²) in [6.45, 7) is 0. The molecule has 2 heterocycles. The molecule has 0 unspecified atom stereocenters. The second kappa shape index (κ2) is 9.84. The van der Waals surface area contributed by atoms with Gasteiger partial charge in [0.15, 0.2) is 5.17 Å². The maximum Gasteiger partial charge on any atom is 0.278 e. The first-order chi connectivity index (χ1) is 18.6. The Morgan fingerprint density at radius 1 is 0.737 bits per heavy atom. The van der Waals surface area contributed by atoms with E-state index in [4.69, 9.17) is 0 Å². The Bertz CT molecular complexity index is 1570. The van der Waals surface area contributed by atoms with Crippen LogP contribution >= 0.6 is 11.8 Å². The molecule has 0 saturated carbocycles. The first-order valence-corrected chi connectivity index (χ1v) is 13.8. The first kappa shape index (κ1) is 24.0. The fourth-order valence-electron chi connectivity index (χ4n) is 5.46. The van der Waals surface area contributed by atoms with Crippen molar-refractivity contribution in [1.82, 2.24) is 9.47 Å². The highest BCUT2D eigenvalue weighted by molar-refractivity contribution is 8.13. The Labute approximate surface area is 227 Å². The van der Waals surface area contributed by atoms with Crippen LogP contribution in [-0.4, -0.2) is 33.8 Å². The molecule has 1 aliphatic rings. The largest absolute Gasteiger partial charge is 0.328 e. The zero-order valence-corrected chi connectivity index (χ0v) is 22.1. The molecule has 38 heavy (non-hydrogen) atoms. The zero-order chi connectivity index (χ0) is 26.1. The summed E-state index contributed by atoms with van der Waals surface area (Å²) in [4.78, 5) is 19.2. The minimum absolute atomic E-state index is 0.0911. The van der Waals surface area contributed by atoms with Gasteiger partial charge in [0.2, 0.25) is 0 Å². The highest BCUT2D eigenvalue weighted by Crippen LogP contribution is 2.44. The van der Waals surface area contributed by atoms with Gasteiger partial charge in [-0.2, -0.15) is 0 Å². The number of hydrogen-bond donors (Lipinski definition) is 0. The van der Waals surface area contributed by atoms with Gasteiger partial charge in [0.1, 0.15) is 11.2 Å². The van der Waals surface area contributed by atoms with E-state index in [1.165, 1.54) is 11.8 Å². The van der Waals surface area contributed by atoms with Crippen LogP contribution in [0.25, 0.3) is 17.0 Å². The minimum Gasteiger partial charge on any atom is -0.328 e. The molecule has 5 heteroatoms. The molecule has 0 spiro atoms. The fourth-order valence-corrected chi connectivity index (χ4v) is 6.01. The summed E-state index contributed by atoms with van der Waals surface area (Å²) >= 11 is 1.47. The number of nitrogens with zero attached hydrogens (tertiary/aromatic N) is 3. The average Bonchev–Trinajstić information content (AvgIpc) is 3.48. The van der Waals surface area contributed by atoms with Gasteiger partial charge in [0, 0.05) is 29.7 Å². The summed E-state index contributed by atoms with van der Waals surface area (Å²) in [5, 5.41) is 1.77. The smallest absolute Gasteiger partial charge is 0.278 e. The summed E-state index contributed by atoms with van der Waals surface area (Å²) in [7, 11) is 1.77. The number of amides is 1. The molecule has 186 valence electrons. The number of para-hydroxylation sites is 1. The summed E-state index contributed by atoms with van der Waals surface area (Å²) in [6, 6.07) is 40.3. The van der Waals surface area contributed by atoms with Crippen LogP contribution in [0.1, 0.15) is 22.3 Å². The predicted molar refractivity (Wildman–Crippen MR) is 158 cm³/mol. The number of amidine groups is 1. The van der Waals surface area contributed by atoms with Crippen molar-refractivity contribution in [3.05, 3.63) is 149 Å². The van der Waals surface area contributed by atoms with E-state index in [9.17, 15) is 4.79 Å². The second-order valence-electron chi connectivity index (χ2n) is 9.27. The number of hydrogen-bond acceptors (Lipinski definition) is 3. The molecule has 6 rings (SSSR count). The number of aromatic nitrogens is 1. The molecule has 5 aromatic rings. The quantitative estimate of drug-likeness (QED) is 0.187. The lowest BCUT2D eigenvalue weighted by atomic mass is 9.76. The fraction of sp³-hybridized carbons (Fsp3) is 0.0909. The monoisotopic (exact) mass is 513 g/mol. The third kappa shape index (κ3) is 3.78. The molecule has 4 nitrogen and oxygen atoms in total. The van der Waals surface area contributed by atoms with Crippen molar-refractivity contribution in [3.8, 4) is 0 Å². The van der Waals surface area contributed by atoms with Gasteiger partial charge in [-0.3, -0.25) is 9.69 Å². The maximum absolute atomic E-state index is 13.0. The zero-order valence-electron chi connectivity index (χ0n) is 21.3. The summed E-state index contributed by atoms with van der Waals surface area (Å²) in [5.41, 5.74) is 5.28. The number of thioether (sulfide) groups is 1. The van der Waals surface area contributed by atoms with Crippen LogP contribution < -0.4 is 0 Å². The molecule has 0 fully saturated rings. The van der Waals surface area contributed by atoms with E-state index in [-0.39, 0.29) is 5.91 Å². The molecule has 0 radical (unpaired) electrons. The number of benzene rings is 4. The molecule has 0 N–H and O–H groups in total. The highest BCUT2D eigenvalue weighted by atomic mass is 32.2. The van der Waals surface area contributed by atoms with Crippen LogP contribution in [0.15, 0.2) is 132 Å². The van der Waals surface area contributed by atoms with Gasteiger partial charge in [-0.1, -0.05) is 121 Å². The summed E-state index contributed by atoms with van der Waals surface area (Å²) in [6.07, 6.45) is 6.03. The Kier molecular flexibility index (Phi) is 6.22. The summed E-state index contributed by atoms with van der Waals surface area (Å²) < 4.78 is 2.36. The van der Waals surface area contributed by atoms with E-state index >= 15 is 0 Å². The number of aliphatic imine (C=N–C) groups is 1. The molecule has 0 atom stereocenters. The molecular weight excluding hydrogens is 486 g/mol.